The number of nitrogens with one attached hydrogen (secondary N) is 2. The Hall–Kier alpha value is -2.55. The molecule has 1 aromatic heterocycles. The van der Waals surface area contributed by atoms with Gasteiger partial charge in [-0.3, -0.25) is 4.99 Å². The van der Waals surface area contributed by atoms with Crippen molar-refractivity contribution in [3.8, 4) is 0 Å². The zero-order valence-electron chi connectivity index (χ0n) is 18.2. The van der Waals surface area contributed by atoms with E-state index in [2.05, 4.69) is 84.7 Å². The van der Waals surface area contributed by atoms with Crippen LogP contribution in [0.5, 0.6) is 0 Å². The maximum absolute atomic E-state index is 4.42. The predicted molar refractivity (Wildman–Crippen MR) is 138 cm³/mol. The highest BCUT2D eigenvalue weighted by Gasteiger charge is 2.23. The van der Waals surface area contributed by atoms with Crippen molar-refractivity contribution in [2.45, 2.75) is 32.5 Å². The first-order chi connectivity index (χ1) is 14.7. The first-order valence-corrected chi connectivity index (χ1v) is 10.5. The van der Waals surface area contributed by atoms with E-state index in [1.165, 1.54) is 16.8 Å². The summed E-state index contributed by atoms with van der Waals surface area (Å²) < 4.78 is 2.16. The van der Waals surface area contributed by atoms with Gasteiger partial charge in [0.15, 0.2) is 5.96 Å². The molecule has 7 heteroatoms. The lowest BCUT2D eigenvalue weighted by atomic mass is 10.1. The normalized spacial score (nSPS) is 16.1. The fraction of sp³-hybridized carbons (Fsp3) is 0.333. The molecule has 164 valence electrons. The Morgan fingerprint density at radius 3 is 2.68 bits per heavy atom. The molecule has 2 heterocycles. The average Bonchev–Trinajstić information content (AvgIpc) is 3.41. The Labute approximate surface area is 201 Å². The maximum Gasteiger partial charge on any atom is 0.191 e. The SMILES string of the molecule is CN=C(NCc1cccc(Cn2ccnc2C)c1)NC1CCN(c2ccccc2)C1.I. The van der Waals surface area contributed by atoms with Crippen LogP contribution in [0.1, 0.15) is 23.4 Å². The third kappa shape index (κ3) is 6.22. The number of anilines is 1. The van der Waals surface area contributed by atoms with Crippen molar-refractivity contribution in [1.82, 2.24) is 20.2 Å². The van der Waals surface area contributed by atoms with Gasteiger partial charge in [-0.2, -0.15) is 0 Å². The molecule has 6 nitrogen and oxygen atoms in total. The van der Waals surface area contributed by atoms with Crippen LogP contribution in [0.15, 0.2) is 72.0 Å². The van der Waals surface area contributed by atoms with E-state index in [1.54, 1.807) is 0 Å². The zero-order valence-corrected chi connectivity index (χ0v) is 20.5. The fourth-order valence-corrected chi connectivity index (χ4v) is 3.93. The van der Waals surface area contributed by atoms with Gasteiger partial charge < -0.3 is 20.1 Å². The van der Waals surface area contributed by atoms with E-state index < -0.39 is 0 Å². The number of imidazole rings is 1. The summed E-state index contributed by atoms with van der Waals surface area (Å²) >= 11 is 0. The number of hydrogen-bond acceptors (Lipinski definition) is 3. The monoisotopic (exact) mass is 530 g/mol. The smallest absolute Gasteiger partial charge is 0.191 e. The highest BCUT2D eigenvalue weighted by molar-refractivity contribution is 14.0. The van der Waals surface area contributed by atoms with E-state index in [0.29, 0.717) is 6.04 Å². The second-order valence-corrected chi connectivity index (χ2v) is 7.76. The summed E-state index contributed by atoms with van der Waals surface area (Å²) in [5.41, 5.74) is 3.80. The van der Waals surface area contributed by atoms with Gasteiger partial charge in [0.25, 0.3) is 0 Å². The second-order valence-electron chi connectivity index (χ2n) is 7.76. The van der Waals surface area contributed by atoms with E-state index >= 15 is 0 Å². The molecule has 1 fully saturated rings. The molecule has 31 heavy (non-hydrogen) atoms. The summed E-state index contributed by atoms with van der Waals surface area (Å²) in [5, 5.41) is 7.04. The van der Waals surface area contributed by atoms with Crippen molar-refractivity contribution in [2.24, 2.45) is 4.99 Å². The third-order valence-corrected chi connectivity index (χ3v) is 5.60. The van der Waals surface area contributed by atoms with Crippen molar-refractivity contribution in [3.63, 3.8) is 0 Å². The Morgan fingerprint density at radius 1 is 1.13 bits per heavy atom. The second kappa shape index (κ2) is 11.2. The Kier molecular flexibility index (Phi) is 8.34. The standard InChI is InChI=1S/C24H30N6.HI/c1-19-26-12-14-29(19)17-21-8-6-7-20(15-21)16-27-24(25-2)28-22-11-13-30(18-22)23-9-4-3-5-10-23;/h3-10,12,14-15,22H,11,13,16-18H2,1-2H3,(H2,25,27,28);1H. The highest BCUT2D eigenvalue weighted by Crippen LogP contribution is 2.19. The van der Waals surface area contributed by atoms with Gasteiger partial charge in [-0.1, -0.05) is 42.5 Å². The molecule has 1 aliphatic rings. The Bertz CT molecular complexity index is 984. The topological polar surface area (TPSA) is 57.5 Å². The van der Waals surface area contributed by atoms with Crippen molar-refractivity contribution in [1.29, 1.82) is 0 Å². The number of guanidine groups is 1. The first-order valence-electron chi connectivity index (χ1n) is 10.5. The molecule has 0 saturated carbocycles. The molecule has 1 aliphatic heterocycles. The number of hydrogen-bond donors (Lipinski definition) is 2. The average molecular weight is 530 g/mol. The van der Waals surface area contributed by atoms with Crippen molar-refractivity contribution in [2.75, 3.05) is 25.0 Å². The largest absolute Gasteiger partial charge is 0.369 e. The molecule has 2 N–H and O–H groups in total. The molecule has 0 aliphatic carbocycles. The van der Waals surface area contributed by atoms with E-state index in [1.807, 2.05) is 26.4 Å². The predicted octanol–water partition coefficient (Wildman–Crippen LogP) is 3.80. The van der Waals surface area contributed by atoms with Crippen LogP contribution in [0.4, 0.5) is 5.69 Å². The van der Waals surface area contributed by atoms with Crippen molar-refractivity contribution < 1.29 is 0 Å². The summed E-state index contributed by atoms with van der Waals surface area (Å²) in [4.78, 5) is 11.1. The van der Waals surface area contributed by atoms with Crippen LogP contribution in [0.3, 0.4) is 0 Å². The van der Waals surface area contributed by atoms with Gasteiger partial charge in [0, 0.05) is 57.3 Å². The Balaban J connectivity index is 0.00000272. The molecule has 0 amide bonds. The highest BCUT2D eigenvalue weighted by atomic mass is 127. The van der Waals surface area contributed by atoms with E-state index in [9.17, 15) is 0 Å². The van der Waals surface area contributed by atoms with E-state index in [4.69, 9.17) is 0 Å². The minimum Gasteiger partial charge on any atom is -0.369 e. The molecular weight excluding hydrogens is 499 g/mol. The summed E-state index contributed by atoms with van der Waals surface area (Å²) in [5.74, 6) is 1.88. The lowest BCUT2D eigenvalue weighted by Crippen LogP contribution is -2.44. The molecular formula is C24H31IN6. The number of nitrogens with zero attached hydrogens (tertiary/aromatic N) is 4. The summed E-state index contributed by atoms with van der Waals surface area (Å²) in [7, 11) is 1.83. The molecule has 0 bridgehead atoms. The number of rotatable bonds is 6. The molecule has 4 rings (SSSR count). The van der Waals surface area contributed by atoms with Crippen LogP contribution < -0.4 is 15.5 Å². The molecule has 1 unspecified atom stereocenters. The number of aryl methyl sites for hydroxylation is 1. The van der Waals surface area contributed by atoms with Crippen LogP contribution in [0.2, 0.25) is 0 Å². The molecule has 0 radical (unpaired) electrons. The van der Waals surface area contributed by atoms with Gasteiger partial charge in [-0.15, -0.1) is 24.0 Å². The van der Waals surface area contributed by atoms with Gasteiger partial charge >= 0.3 is 0 Å². The molecule has 2 aromatic carbocycles. The molecule has 0 spiro atoms. The van der Waals surface area contributed by atoms with Gasteiger partial charge in [0.2, 0.25) is 0 Å². The van der Waals surface area contributed by atoms with E-state index in [0.717, 1.165) is 44.4 Å². The van der Waals surface area contributed by atoms with Crippen LogP contribution in [0.25, 0.3) is 0 Å². The zero-order chi connectivity index (χ0) is 20.8. The molecule has 1 saturated heterocycles. The quantitative estimate of drug-likeness (QED) is 0.289. The van der Waals surface area contributed by atoms with Crippen LogP contribution in [-0.4, -0.2) is 41.7 Å². The van der Waals surface area contributed by atoms with Crippen molar-refractivity contribution in [3.05, 3.63) is 83.9 Å². The number of aromatic nitrogens is 2. The van der Waals surface area contributed by atoms with Crippen molar-refractivity contribution >= 4 is 35.6 Å². The van der Waals surface area contributed by atoms with Crippen LogP contribution >= 0.6 is 24.0 Å². The van der Waals surface area contributed by atoms with Gasteiger partial charge in [0.1, 0.15) is 5.82 Å². The lowest BCUT2D eigenvalue weighted by Gasteiger charge is -2.20. The molecule has 3 aromatic rings. The molecule has 1 atom stereocenters. The first kappa shape index (κ1) is 23.1. The number of aliphatic imine (C=N–C) groups is 1. The van der Waals surface area contributed by atoms with E-state index in [-0.39, 0.29) is 24.0 Å². The fourth-order valence-electron chi connectivity index (χ4n) is 3.93. The van der Waals surface area contributed by atoms with Gasteiger partial charge in [0.05, 0.1) is 0 Å². The summed E-state index contributed by atoms with van der Waals surface area (Å²) in [6.45, 7) is 5.66. The Morgan fingerprint density at radius 2 is 1.94 bits per heavy atom. The van der Waals surface area contributed by atoms with Crippen LogP contribution in [-0.2, 0) is 13.1 Å². The minimum absolute atomic E-state index is 0. The number of para-hydroxylation sites is 1. The summed E-state index contributed by atoms with van der Waals surface area (Å²) in [6, 6.07) is 19.7. The minimum atomic E-state index is 0. The third-order valence-electron chi connectivity index (χ3n) is 5.60. The summed E-state index contributed by atoms with van der Waals surface area (Å²) in [6.07, 6.45) is 4.97. The van der Waals surface area contributed by atoms with Gasteiger partial charge in [-0.05, 0) is 36.6 Å². The number of benzene rings is 2. The number of halogens is 1. The van der Waals surface area contributed by atoms with Crippen LogP contribution in [0, 0.1) is 6.92 Å². The van der Waals surface area contributed by atoms with Gasteiger partial charge in [-0.25, -0.2) is 4.98 Å². The lowest BCUT2D eigenvalue weighted by molar-refractivity contribution is 0.648. The maximum atomic E-state index is 4.42.